The molecule has 0 saturated carbocycles. The molecule has 2 aromatic rings. The highest BCUT2D eigenvalue weighted by atomic mass is 19.4. The number of carbonyl (C=O) groups excluding carboxylic acids is 1. The Morgan fingerprint density at radius 2 is 1.67 bits per heavy atom. The van der Waals surface area contributed by atoms with E-state index < -0.39 is 41.5 Å². The van der Waals surface area contributed by atoms with Gasteiger partial charge in [0.15, 0.2) is 0 Å². The molecule has 6 nitrogen and oxygen atoms in total. The number of nitrogens with one attached hydrogen (secondary N) is 1. The lowest BCUT2D eigenvalue weighted by atomic mass is 9.97. The zero-order valence-corrected chi connectivity index (χ0v) is 19.1. The van der Waals surface area contributed by atoms with E-state index in [-0.39, 0.29) is 12.2 Å². The molecule has 1 atom stereocenters. The molecule has 0 aliphatic heterocycles. The van der Waals surface area contributed by atoms with Crippen LogP contribution in [0.15, 0.2) is 42.5 Å². The molecular formula is C24H28F3NO5. The SMILES string of the molecule is CC(C)Oc1ccc(-c2cccc(C[C@H](NC(=O)OC(C)(C)C)C(=O)O)c2)cc1C(F)(F)F. The molecule has 0 aliphatic rings. The fraction of sp³-hybridized carbons (Fsp3) is 0.417. The summed E-state index contributed by atoms with van der Waals surface area (Å²) >= 11 is 0. The van der Waals surface area contributed by atoms with Crippen molar-refractivity contribution in [1.82, 2.24) is 5.32 Å². The Labute approximate surface area is 190 Å². The molecule has 2 N–H and O–H groups in total. The van der Waals surface area contributed by atoms with E-state index in [0.29, 0.717) is 16.7 Å². The highest BCUT2D eigenvalue weighted by Gasteiger charge is 2.35. The number of carboxylic acid groups (broad SMARTS) is 1. The third-order valence-corrected chi connectivity index (χ3v) is 4.34. The first-order chi connectivity index (χ1) is 15.2. The van der Waals surface area contributed by atoms with Gasteiger partial charge in [0.1, 0.15) is 17.4 Å². The molecule has 0 heterocycles. The number of benzene rings is 2. The summed E-state index contributed by atoms with van der Waals surface area (Å²) in [5.74, 6) is -1.52. The van der Waals surface area contributed by atoms with Crippen molar-refractivity contribution in [3.63, 3.8) is 0 Å². The number of hydrogen-bond acceptors (Lipinski definition) is 4. The van der Waals surface area contributed by atoms with Crippen LogP contribution in [0.1, 0.15) is 45.7 Å². The summed E-state index contributed by atoms with van der Waals surface area (Å²) in [7, 11) is 0. The van der Waals surface area contributed by atoms with Gasteiger partial charge in [-0.05, 0) is 63.4 Å². The predicted molar refractivity (Wildman–Crippen MR) is 117 cm³/mol. The quantitative estimate of drug-likeness (QED) is 0.547. The van der Waals surface area contributed by atoms with Gasteiger partial charge in [0.05, 0.1) is 11.7 Å². The van der Waals surface area contributed by atoms with Crippen LogP contribution in [0.3, 0.4) is 0 Å². The minimum Gasteiger partial charge on any atom is -0.490 e. The summed E-state index contributed by atoms with van der Waals surface area (Å²) < 4.78 is 51.1. The van der Waals surface area contributed by atoms with Gasteiger partial charge in [0, 0.05) is 6.42 Å². The van der Waals surface area contributed by atoms with E-state index in [1.165, 1.54) is 12.1 Å². The first kappa shape index (κ1) is 26.0. The van der Waals surface area contributed by atoms with Crippen LogP contribution in [-0.2, 0) is 22.1 Å². The number of hydrogen-bond donors (Lipinski definition) is 2. The fourth-order valence-corrected chi connectivity index (χ4v) is 3.05. The van der Waals surface area contributed by atoms with Crippen LogP contribution in [0.2, 0.25) is 0 Å². The topological polar surface area (TPSA) is 84.9 Å². The van der Waals surface area contributed by atoms with Crippen molar-refractivity contribution in [3.05, 3.63) is 53.6 Å². The van der Waals surface area contributed by atoms with Gasteiger partial charge >= 0.3 is 18.2 Å². The Bertz CT molecular complexity index is 996. The second-order valence-electron chi connectivity index (χ2n) is 8.82. The van der Waals surface area contributed by atoms with E-state index in [9.17, 15) is 27.9 Å². The molecule has 2 rings (SSSR count). The lowest BCUT2D eigenvalue weighted by Gasteiger charge is -2.22. The standard InChI is InChI=1S/C24H28F3NO5/c1-14(2)32-20-10-9-17(13-18(20)24(25,26)27)16-8-6-7-15(11-16)12-19(21(29)30)28-22(31)33-23(3,4)5/h6-11,13-14,19H,12H2,1-5H3,(H,28,31)(H,29,30)/t19-/m0/s1. The average Bonchev–Trinajstić information content (AvgIpc) is 2.65. The van der Waals surface area contributed by atoms with Gasteiger partial charge < -0.3 is 19.9 Å². The van der Waals surface area contributed by atoms with Gasteiger partial charge in [0.2, 0.25) is 0 Å². The number of amides is 1. The molecule has 0 bridgehead atoms. The summed E-state index contributed by atoms with van der Waals surface area (Å²) in [6, 6.07) is 8.98. The third-order valence-electron chi connectivity index (χ3n) is 4.34. The number of halogens is 3. The molecule has 0 fully saturated rings. The maximum Gasteiger partial charge on any atom is 0.419 e. The van der Waals surface area contributed by atoms with Crippen LogP contribution in [-0.4, -0.2) is 34.9 Å². The minimum atomic E-state index is -4.61. The van der Waals surface area contributed by atoms with Gasteiger partial charge in [-0.15, -0.1) is 0 Å². The second-order valence-corrected chi connectivity index (χ2v) is 8.82. The van der Waals surface area contributed by atoms with Crippen LogP contribution < -0.4 is 10.1 Å². The maximum absolute atomic E-state index is 13.6. The second kappa shape index (κ2) is 10.1. The molecule has 0 aromatic heterocycles. The number of carboxylic acids is 1. The van der Waals surface area contributed by atoms with Crippen LogP contribution >= 0.6 is 0 Å². The number of rotatable bonds is 7. The van der Waals surface area contributed by atoms with Gasteiger partial charge in [0.25, 0.3) is 0 Å². The van der Waals surface area contributed by atoms with E-state index in [4.69, 9.17) is 9.47 Å². The number of alkyl carbamates (subject to hydrolysis) is 1. The van der Waals surface area contributed by atoms with Gasteiger partial charge in [-0.3, -0.25) is 0 Å². The minimum absolute atomic E-state index is 0.0803. The van der Waals surface area contributed by atoms with E-state index in [2.05, 4.69) is 5.32 Å². The van der Waals surface area contributed by atoms with Crippen molar-refractivity contribution in [2.75, 3.05) is 0 Å². The molecule has 180 valence electrons. The average molecular weight is 467 g/mol. The van der Waals surface area contributed by atoms with E-state index in [1.54, 1.807) is 58.9 Å². The molecule has 0 saturated heterocycles. The Morgan fingerprint density at radius 3 is 2.21 bits per heavy atom. The summed E-state index contributed by atoms with van der Waals surface area (Å²) in [6.45, 7) is 8.24. The lowest BCUT2D eigenvalue weighted by molar-refractivity contribution is -0.140. The highest BCUT2D eigenvalue weighted by molar-refractivity contribution is 5.80. The molecule has 2 aromatic carbocycles. The zero-order valence-electron chi connectivity index (χ0n) is 19.1. The normalized spacial score (nSPS) is 12.9. The van der Waals surface area contributed by atoms with Crippen LogP contribution in [0.25, 0.3) is 11.1 Å². The summed E-state index contributed by atoms with van der Waals surface area (Å²) in [6.07, 6.45) is -5.99. The number of carbonyl (C=O) groups is 2. The highest BCUT2D eigenvalue weighted by Crippen LogP contribution is 2.39. The number of alkyl halides is 3. The van der Waals surface area contributed by atoms with Crippen molar-refractivity contribution < 1.29 is 37.3 Å². The largest absolute Gasteiger partial charge is 0.490 e. The summed E-state index contributed by atoms with van der Waals surface area (Å²) in [5, 5.41) is 11.8. The number of aliphatic carboxylic acids is 1. The van der Waals surface area contributed by atoms with Gasteiger partial charge in [-0.25, -0.2) is 9.59 Å². The Hall–Kier alpha value is -3.23. The van der Waals surface area contributed by atoms with E-state index >= 15 is 0 Å². The van der Waals surface area contributed by atoms with Gasteiger partial charge in [-0.2, -0.15) is 13.2 Å². The molecule has 0 aliphatic carbocycles. The van der Waals surface area contributed by atoms with E-state index in [1.807, 2.05) is 0 Å². The van der Waals surface area contributed by atoms with Crippen molar-refractivity contribution in [2.24, 2.45) is 0 Å². The van der Waals surface area contributed by atoms with Crippen molar-refractivity contribution in [1.29, 1.82) is 0 Å². The Balaban J connectivity index is 2.31. The maximum atomic E-state index is 13.6. The lowest BCUT2D eigenvalue weighted by Crippen LogP contribution is -2.44. The monoisotopic (exact) mass is 467 g/mol. The smallest absolute Gasteiger partial charge is 0.419 e. The summed E-state index contributed by atoms with van der Waals surface area (Å²) in [5.41, 5.74) is -0.404. The first-order valence-corrected chi connectivity index (χ1v) is 10.4. The van der Waals surface area contributed by atoms with Gasteiger partial charge in [-0.1, -0.05) is 30.3 Å². The molecule has 0 unspecified atom stereocenters. The van der Waals surface area contributed by atoms with E-state index in [0.717, 1.165) is 6.07 Å². The molecule has 1 amide bonds. The molecular weight excluding hydrogens is 439 g/mol. The van der Waals surface area contributed by atoms with Crippen LogP contribution in [0.4, 0.5) is 18.0 Å². The van der Waals surface area contributed by atoms with Crippen molar-refractivity contribution >= 4 is 12.1 Å². The first-order valence-electron chi connectivity index (χ1n) is 10.4. The number of ether oxygens (including phenoxy) is 2. The zero-order chi connectivity index (χ0) is 25.0. The predicted octanol–water partition coefficient (Wildman–Crippen LogP) is 5.68. The Kier molecular flexibility index (Phi) is 8.00. The molecule has 33 heavy (non-hydrogen) atoms. The molecule has 0 radical (unpaired) electrons. The van der Waals surface area contributed by atoms with Crippen molar-refractivity contribution in [3.8, 4) is 16.9 Å². The summed E-state index contributed by atoms with van der Waals surface area (Å²) in [4.78, 5) is 23.6. The Morgan fingerprint density at radius 1 is 1.03 bits per heavy atom. The molecule has 0 spiro atoms. The third kappa shape index (κ3) is 8.00. The fourth-order valence-electron chi connectivity index (χ4n) is 3.05. The van der Waals surface area contributed by atoms with Crippen LogP contribution in [0.5, 0.6) is 5.75 Å². The van der Waals surface area contributed by atoms with Crippen molar-refractivity contribution in [2.45, 2.75) is 65.0 Å². The van der Waals surface area contributed by atoms with Crippen LogP contribution in [0, 0.1) is 0 Å². The molecule has 9 heteroatoms.